The summed E-state index contributed by atoms with van der Waals surface area (Å²) in [6.45, 7) is 5.87. The molecule has 0 radical (unpaired) electrons. The van der Waals surface area contributed by atoms with Crippen molar-refractivity contribution >= 4 is 22.8 Å². The van der Waals surface area contributed by atoms with Crippen molar-refractivity contribution in [2.24, 2.45) is 0 Å². The average molecular weight is 365 g/mol. The number of hydrogen-bond donors (Lipinski definition) is 0. The smallest absolute Gasteiger partial charge is 0.340 e. The predicted molar refractivity (Wildman–Crippen MR) is 105 cm³/mol. The fourth-order valence-corrected chi connectivity index (χ4v) is 3.14. The number of carbonyl (C=O) groups is 2. The van der Waals surface area contributed by atoms with E-state index in [1.165, 1.54) is 17.9 Å². The number of carbonyl (C=O) groups excluding carboxylic acids is 2. The van der Waals surface area contributed by atoms with Crippen LogP contribution < -0.4 is 4.74 Å². The molecular weight excluding hydrogens is 342 g/mol. The molecule has 0 saturated carbocycles. The summed E-state index contributed by atoms with van der Waals surface area (Å²) in [5.41, 5.74) is 2.05. The third kappa shape index (κ3) is 3.58. The molecule has 0 amide bonds. The van der Waals surface area contributed by atoms with E-state index >= 15 is 0 Å². The fraction of sp³-hybridized carbons (Fsp3) is 0.273. The number of nitrogens with zero attached hydrogens (tertiary/aromatic N) is 1. The number of aromatic nitrogens is 1. The van der Waals surface area contributed by atoms with E-state index in [9.17, 15) is 9.59 Å². The largest absolute Gasteiger partial charge is 0.481 e. The molecule has 5 heteroatoms. The summed E-state index contributed by atoms with van der Waals surface area (Å²) in [5.74, 6) is 0.247. The van der Waals surface area contributed by atoms with E-state index in [-0.39, 0.29) is 11.8 Å². The third-order valence-corrected chi connectivity index (χ3v) is 4.55. The zero-order chi connectivity index (χ0) is 19.6. The van der Waals surface area contributed by atoms with E-state index in [0.717, 1.165) is 5.56 Å². The summed E-state index contributed by atoms with van der Waals surface area (Å²) < 4.78 is 12.3. The molecule has 0 unspecified atom stereocenters. The molecule has 27 heavy (non-hydrogen) atoms. The van der Waals surface area contributed by atoms with Gasteiger partial charge in [0.1, 0.15) is 5.75 Å². The Kier molecular flexibility index (Phi) is 5.31. The van der Waals surface area contributed by atoms with Crippen molar-refractivity contribution in [3.63, 3.8) is 0 Å². The van der Waals surface area contributed by atoms with Gasteiger partial charge < -0.3 is 9.47 Å². The number of fused-ring (bicyclic) bond motifs is 1. The van der Waals surface area contributed by atoms with Gasteiger partial charge in [0.25, 0.3) is 5.91 Å². The van der Waals surface area contributed by atoms with Gasteiger partial charge in [0.2, 0.25) is 0 Å². The van der Waals surface area contributed by atoms with Gasteiger partial charge in [0, 0.05) is 11.6 Å². The number of hydrogen-bond acceptors (Lipinski definition) is 4. The second-order valence-electron chi connectivity index (χ2n) is 6.71. The van der Waals surface area contributed by atoms with Crippen LogP contribution in [0.1, 0.15) is 47.4 Å². The lowest BCUT2D eigenvalue weighted by atomic mass is 10.0. The van der Waals surface area contributed by atoms with E-state index in [1.54, 1.807) is 19.1 Å². The van der Waals surface area contributed by atoms with Crippen LogP contribution in [-0.4, -0.2) is 29.7 Å². The Morgan fingerprint density at radius 2 is 1.63 bits per heavy atom. The van der Waals surface area contributed by atoms with Crippen molar-refractivity contribution in [2.45, 2.75) is 32.8 Å². The van der Waals surface area contributed by atoms with Crippen LogP contribution in [0.3, 0.4) is 0 Å². The van der Waals surface area contributed by atoms with Crippen molar-refractivity contribution in [2.75, 3.05) is 7.11 Å². The quantitative estimate of drug-likeness (QED) is 0.617. The molecule has 0 saturated heterocycles. The zero-order valence-corrected chi connectivity index (χ0v) is 15.9. The van der Waals surface area contributed by atoms with Crippen molar-refractivity contribution in [3.8, 4) is 5.75 Å². The van der Waals surface area contributed by atoms with Gasteiger partial charge in [-0.25, -0.2) is 4.79 Å². The van der Waals surface area contributed by atoms with Crippen LogP contribution >= 0.6 is 0 Å². The van der Waals surface area contributed by atoms with E-state index in [2.05, 4.69) is 13.8 Å². The molecule has 1 aromatic heterocycles. The molecule has 3 aromatic rings. The first-order chi connectivity index (χ1) is 12.9. The summed E-state index contributed by atoms with van der Waals surface area (Å²) in [4.78, 5) is 25.1. The van der Waals surface area contributed by atoms with Crippen LogP contribution in [0.2, 0.25) is 0 Å². The molecule has 5 nitrogen and oxygen atoms in total. The lowest BCUT2D eigenvalue weighted by Crippen LogP contribution is -2.29. The normalized spacial score (nSPS) is 12.2. The first-order valence-corrected chi connectivity index (χ1v) is 8.92. The lowest BCUT2D eigenvalue weighted by Gasteiger charge is -2.18. The predicted octanol–water partition coefficient (Wildman–Crippen LogP) is 4.66. The van der Waals surface area contributed by atoms with Crippen molar-refractivity contribution in [3.05, 3.63) is 65.9 Å². The third-order valence-electron chi connectivity index (χ3n) is 4.55. The number of esters is 1. The van der Waals surface area contributed by atoms with Crippen molar-refractivity contribution in [1.82, 2.24) is 4.57 Å². The Morgan fingerprint density at radius 1 is 0.963 bits per heavy atom. The maximum atomic E-state index is 13.1. The van der Waals surface area contributed by atoms with Gasteiger partial charge in [-0.1, -0.05) is 50.2 Å². The summed E-state index contributed by atoms with van der Waals surface area (Å²) in [7, 11) is 1.32. The Bertz CT molecular complexity index is 987. The van der Waals surface area contributed by atoms with Crippen LogP contribution in [-0.2, 0) is 4.74 Å². The minimum absolute atomic E-state index is 0.250. The standard InChI is InChI=1S/C22H23NO4/c1-14(2)16-9-6-8-12-20(16)27-15(3)21(24)23-13-18(22(25)26-4)17-10-5-7-11-19(17)23/h5-15H,1-4H3/t15-/m1/s1. The number of rotatable bonds is 5. The Labute approximate surface area is 158 Å². The minimum Gasteiger partial charge on any atom is -0.481 e. The minimum atomic E-state index is -0.716. The molecule has 1 heterocycles. The van der Waals surface area contributed by atoms with Crippen LogP contribution in [0.5, 0.6) is 5.75 Å². The molecule has 0 fully saturated rings. The topological polar surface area (TPSA) is 57.5 Å². The van der Waals surface area contributed by atoms with Gasteiger partial charge in [-0.15, -0.1) is 0 Å². The van der Waals surface area contributed by atoms with Crippen LogP contribution in [0.4, 0.5) is 0 Å². The maximum Gasteiger partial charge on any atom is 0.340 e. The second-order valence-corrected chi connectivity index (χ2v) is 6.71. The fourth-order valence-electron chi connectivity index (χ4n) is 3.14. The molecule has 0 bridgehead atoms. The Hall–Kier alpha value is -3.08. The first kappa shape index (κ1) is 18.7. The number of methoxy groups -OCH3 is 1. The van der Waals surface area contributed by atoms with Gasteiger partial charge in [-0.05, 0) is 30.5 Å². The van der Waals surface area contributed by atoms with Crippen LogP contribution in [0.25, 0.3) is 10.9 Å². The molecule has 0 aliphatic carbocycles. The SMILES string of the molecule is COC(=O)c1cn(C(=O)[C@@H](C)Oc2ccccc2C(C)C)c2ccccc12. The van der Waals surface area contributed by atoms with Crippen molar-refractivity contribution < 1.29 is 19.1 Å². The zero-order valence-electron chi connectivity index (χ0n) is 15.9. The van der Waals surface area contributed by atoms with Crippen LogP contribution in [0.15, 0.2) is 54.7 Å². The van der Waals surface area contributed by atoms with E-state index in [1.807, 2.05) is 36.4 Å². The maximum absolute atomic E-state index is 13.1. The molecular formula is C22H23NO4. The van der Waals surface area contributed by atoms with Gasteiger partial charge in [0.05, 0.1) is 18.2 Å². The summed E-state index contributed by atoms with van der Waals surface area (Å²) in [5, 5.41) is 0.674. The number of ether oxygens (including phenoxy) is 2. The highest BCUT2D eigenvalue weighted by molar-refractivity contribution is 6.07. The Morgan fingerprint density at radius 3 is 2.33 bits per heavy atom. The molecule has 3 rings (SSSR count). The summed E-state index contributed by atoms with van der Waals surface area (Å²) in [6, 6.07) is 15.0. The summed E-state index contributed by atoms with van der Waals surface area (Å²) >= 11 is 0. The van der Waals surface area contributed by atoms with Gasteiger partial charge in [-0.3, -0.25) is 9.36 Å². The highest BCUT2D eigenvalue weighted by Gasteiger charge is 2.23. The van der Waals surface area contributed by atoms with E-state index < -0.39 is 12.1 Å². The molecule has 1 atom stereocenters. The lowest BCUT2D eigenvalue weighted by molar-refractivity contribution is 0.0602. The monoisotopic (exact) mass is 365 g/mol. The van der Waals surface area contributed by atoms with Gasteiger partial charge in [-0.2, -0.15) is 0 Å². The van der Waals surface area contributed by atoms with E-state index in [0.29, 0.717) is 22.2 Å². The number of benzene rings is 2. The highest BCUT2D eigenvalue weighted by Crippen LogP contribution is 2.28. The second kappa shape index (κ2) is 7.66. The first-order valence-electron chi connectivity index (χ1n) is 8.92. The van der Waals surface area contributed by atoms with Gasteiger partial charge >= 0.3 is 5.97 Å². The average Bonchev–Trinajstić information content (AvgIpc) is 3.06. The van der Waals surface area contributed by atoms with Crippen molar-refractivity contribution in [1.29, 1.82) is 0 Å². The van der Waals surface area contributed by atoms with E-state index in [4.69, 9.17) is 9.47 Å². The van der Waals surface area contributed by atoms with Gasteiger partial charge in [0.15, 0.2) is 6.10 Å². The molecule has 0 N–H and O–H groups in total. The Balaban J connectivity index is 1.96. The molecule has 0 aliphatic rings. The van der Waals surface area contributed by atoms with Crippen LogP contribution in [0, 0.1) is 0 Å². The molecule has 140 valence electrons. The molecule has 0 aliphatic heterocycles. The molecule has 2 aromatic carbocycles. The summed E-state index contributed by atoms with van der Waals surface area (Å²) in [6.07, 6.45) is 0.804. The number of para-hydroxylation sites is 2. The highest BCUT2D eigenvalue weighted by atomic mass is 16.5. The molecule has 0 spiro atoms.